The fraction of sp³-hybridized carbons (Fsp3) is 0.533. The smallest absolute Gasteiger partial charge is 0.258 e. The topological polar surface area (TPSA) is 38.3 Å². The van der Waals surface area contributed by atoms with Crippen LogP contribution < -0.4 is 10.1 Å². The van der Waals surface area contributed by atoms with Gasteiger partial charge < -0.3 is 10.1 Å². The van der Waals surface area contributed by atoms with E-state index in [1.165, 1.54) is 0 Å². The van der Waals surface area contributed by atoms with Gasteiger partial charge in [-0.3, -0.25) is 4.79 Å². The van der Waals surface area contributed by atoms with Gasteiger partial charge in [-0.15, -0.1) is 0 Å². The number of benzene rings is 1. The summed E-state index contributed by atoms with van der Waals surface area (Å²) in [5.41, 5.74) is 2.18. The molecule has 0 radical (unpaired) electrons. The first kappa shape index (κ1) is 14.6. The van der Waals surface area contributed by atoms with Crippen LogP contribution >= 0.6 is 0 Å². The molecule has 1 aromatic rings. The molecule has 3 nitrogen and oxygen atoms in total. The van der Waals surface area contributed by atoms with E-state index >= 15 is 0 Å². The first-order valence-corrected chi connectivity index (χ1v) is 6.39. The van der Waals surface area contributed by atoms with Gasteiger partial charge in [0.05, 0.1) is 0 Å². The minimum Gasteiger partial charge on any atom is -0.483 e. The number of hydrogen-bond acceptors (Lipinski definition) is 2. The second-order valence-corrected chi connectivity index (χ2v) is 5.16. The van der Waals surface area contributed by atoms with Gasteiger partial charge in [0.25, 0.3) is 5.91 Å². The van der Waals surface area contributed by atoms with Crippen LogP contribution in [0.1, 0.15) is 31.9 Å². The highest BCUT2D eigenvalue weighted by Gasteiger charge is 2.11. The van der Waals surface area contributed by atoms with Crippen molar-refractivity contribution in [3.05, 3.63) is 29.3 Å². The number of aryl methyl sites for hydroxylation is 2. The standard InChI is InChI=1S/C15H23NO2/c1-10(2)13(5)16-15(17)9-18-14-8-11(3)6-7-12(14)4/h6-8,10,13H,9H2,1-5H3,(H,16,17)/t13-/m1/s1. The first-order chi connectivity index (χ1) is 8.40. The summed E-state index contributed by atoms with van der Waals surface area (Å²) in [5.74, 6) is 1.13. The molecule has 0 saturated heterocycles. The molecule has 1 amide bonds. The lowest BCUT2D eigenvalue weighted by Crippen LogP contribution is -2.39. The quantitative estimate of drug-likeness (QED) is 0.871. The summed E-state index contributed by atoms with van der Waals surface area (Å²) in [6.45, 7) is 10.2. The molecule has 0 aliphatic rings. The summed E-state index contributed by atoms with van der Waals surface area (Å²) in [5, 5.41) is 2.92. The van der Waals surface area contributed by atoms with Crippen LogP contribution in [-0.4, -0.2) is 18.6 Å². The lowest BCUT2D eigenvalue weighted by Gasteiger charge is -2.17. The zero-order valence-corrected chi connectivity index (χ0v) is 11.9. The Hall–Kier alpha value is -1.51. The molecule has 1 rings (SSSR count). The van der Waals surface area contributed by atoms with E-state index in [0.717, 1.165) is 16.9 Å². The SMILES string of the molecule is Cc1ccc(C)c(OCC(=O)N[C@H](C)C(C)C)c1. The van der Waals surface area contributed by atoms with Crippen LogP contribution in [0.2, 0.25) is 0 Å². The molecular weight excluding hydrogens is 226 g/mol. The van der Waals surface area contributed by atoms with Crippen molar-refractivity contribution in [1.29, 1.82) is 0 Å². The molecule has 0 saturated carbocycles. The summed E-state index contributed by atoms with van der Waals surface area (Å²) < 4.78 is 5.55. The van der Waals surface area contributed by atoms with E-state index in [-0.39, 0.29) is 18.6 Å². The van der Waals surface area contributed by atoms with E-state index in [1.807, 2.05) is 39.0 Å². The Kier molecular flexibility index (Phi) is 5.20. The summed E-state index contributed by atoms with van der Waals surface area (Å²) in [7, 11) is 0. The van der Waals surface area contributed by atoms with Crippen molar-refractivity contribution >= 4 is 5.91 Å². The maximum atomic E-state index is 11.7. The van der Waals surface area contributed by atoms with Gasteiger partial charge in [0.15, 0.2) is 6.61 Å². The second-order valence-electron chi connectivity index (χ2n) is 5.16. The molecule has 1 aromatic carbocycles. The number of rotatable bonds is 5. The molecule has 0 fully saturated rings. The van der Waals surface area contributed by atoms with Crippen LogP contribution in [0.4, 0.5) is 0 Å². The van der Waals surface area contributed by atoms with Crippen LogP contribution in [0.5, 0.6) is 5.75 Å². The molecule has 0 heterocycles. The van der Waals surface area contributed by atoms with Gasteiger partial charge in [-0.05, 0) is 43.9 Å². The average Bonchev–Trinajstić information content (AvgIpc) is 2.30. The Balaban J connectivity index is 2.50. The van der Waals surface area contributed by atoms with Crippen LogP contribution in [0.25, 0.3) is 0 Å². The van der Waals surface area contributed by atoms with Crippen molar-refractivity contribution < 1.29 is 9.53 Å². The number of nitrogens with one attached hydrogen (secondary N) is 1. The third kappa shape index (κ3) is 4.40. The largest absolute Gasteiger partial charge is 0.483 e. The third-order valence-corrected chi connectivity index (χ3v) is 3.09. The molecule has 3 heteroatoms. The fourth-order valence-corrected chi connectivity index (χ4v) is 1.47. The molecule has 0 spiro atoms. The monoisotopic (exact) mass is 249 g/mol. The normalized spacial score (nSPS) is 12.3. The highest BCUT2D eigenvalue weighted by molar-refractivity contribution is 5.77. The highest BCUT2D eigenvalue weighted by atomic mass is 16.5. The predicted octanol–water partition coefficient (Wildman–Crippen LogP) is 2.84. The van der Waals surface area contributed by atoms with Crippen molar-refractivity contribution in [2.24, 2.45) is 5.92 Å². The Bertz CT molecular complexity index is 413. The summed E-state index contributed by atoms with van der Waals surface area (Å²) in [6.07, 6.45) is 0. The first-order valence-electron chi connectivity index (χ1n) is 6.39. The Labute approximate surface area is 110 Å². The van der Waals surface area contributed by atoms with E-state index < -0.39 is 0 Å². The van der Waals surface area contributed by atoms with Gasteiger partial charge in [0, 0.05) is 6.04 Å². The molecule has 0 aromatic heterocycles. The molecule has 1 atom stereocenters. The summed E-state index contributed by atoms with van der Waals surface area (Å²) in [6, 6.07) is 6.15. The Morgan fingerprint density at radius 3 is 2.56 bits per heavy atom. The van der Waals surface area contributed by atoms with Crippen LogP contribution in [0, 0.1) is 19.8 Å². The van der Waals surface area contributed by atoms with Crippen molar-refractivity contribution in [2.75, 3.05) is 6.61 Å². The minimum atomic E-state index is -0.0721. The van der Waals surface area contributed by atoms with Crippen LogP contribution in [-0.2, 0) is 4.79 Å². The molecular formula is C15H23NO2. The van der Waals surface area contributed by atoms with E-state index in [0.29, 0.717) is 5.92 Å². The van der Waals surface area contributed by atoms with Gasteiger partial charge in [-0.2, -0.15) is 0 Å². The number of carbonyl (C=O) groups excluding carboxylic acids is 1. The average molecular weight is 249 g/mol. The zero-order chi connectivity index (χ0) is 13.7. The Morgan fingerprint density at radius 1 is 1.28 bits per heavy atom. The van der Waals surface area contributed by atoms with Crippen molar-refractivity contribution in [1.82, 2.24) is 5.32 Å². The molecule has 18 heavy (non-hydrogen) atoms. The molecule has 1 N–H and O–H groups in total. The lowest BCUT2D eigenvalue weighted by molar-refractivity contribution is -0.124. The summed E-state index contributed by atoms with van der Waals surface area (Å²) in [4.78, 5) is 11.7. The second kappa shape index (κ2) is 6.43. The van der Waals surface area contributed by atoms with Gasteiger partial charge >= 0.3 is 0 Å². The molecule has 0 aliphatic heterocycles. The maximum Gasteiger partial charge on any atom is 0.258 e. The van der Waals surface area contributed by atoms with E-state index in [9.17, 15) is 4.79 Å². The highest BCUT2D eigenvalue weighted by Crippen LogP contribution is 2.18. The Morgan fingerprint density at radius 2 is 1.94 bits per heavy atom. The summed E-state index contributed by atoms with van der Waals surface area (Å²) >= 11 is 0. The fourth-order valence-electron chi connectivity index (χ4n) is 1.47. The maximum absolute atomic E-state index is 11.7. The minimum absolute atomic E-state index is 0.0708. The molecule has 0 unspecified atom stereocenters. The lowest BCUT2D eigenvalue weighted by atomic mass is 10.1. The van der Waals surface area contributed by atoms with Crippen molar-refractivity contribution in [3.8, 4) is 5.75 Å². The van der Waals surface area contributed by atoms with Crippen molar-refractivity contribution in [2.45, 2.75) is 40.7 Å². The van der Waals surface area contributed by atoms with Crippen LogP contribution in [0.3, 0.4) is 0 Å². The predicted molar refractivity (Wildman–Crippen MR) is 73.9 cm³/mol. The van der Waals surface area contributed by atoms with Crippen molar-refractivity contribution in [3.63, 3.8) is 0 Å². The van der Waals surface area contributed by atoms with E-state index in [2.05, 4.69) is 19.2 Å². The number of hydrogen-bond donors (Lipinski definition) is 1. The van der Waals surface area contributed by atoms with Gasteiger partial charge in [-0.1, -0.05) is 26.0 Å². The number of ether oxygens (including phenoxy) is 1. The zero-order valence-electron chi connectivity index (χ0n) is 11.9. The van der Waals surface area contributed by atoms with Crippen LogP contribution in [0.15, 0.2) is 18.2 Å². The van der Waals surface area contributed by atoms with Gasteiger partial charge in [0.1, 0.15) is 5.75 Å². The van der Waals surface area contributed by atoms with E-state index in [1.54, 1.807) is 0 Å². The third-order valence-electron chi connectivity index (χ3n) is 3.09. The van der Waals surface area contributed by atoms with Gasteiger partial charge in [0.2, 0.25) is 0 Å². The number of carbonyl (C=O) groups is 1. The number of amides is 1. The molecule has 0 bridgehead atoms. The van der Waals surface area contributed by atoms with E-state index in [4.69, 9.17) is 4.74 Å². The molecule has 100 valence electrons. The van der Waals surface area contributed by atoms with Gasteiger partial charge in [-0.25, -0.2) is 0 Å². The molecule has 0 aliphatic carbocycles.